The molecule has 66 valence electrons. The number of carbonyl (C=O) groups excluding carboxylic acids is 1. The fourth-order valence-electron chi connectivity index (χ4n) is 0.580. The highest BCUT2D eigenvalue weighted by Crippen LogP contribution is 1.84. The van der Waals surface area contributed by atoms with E-state index in [9.17, 15) is 4.79 Å². The fourth-order valence-corrected chi connectivity index (χ4v) is 0.580. The van der Waals surface area contributed by atoms with Gasteiger partial charge in [0.15, 0.2) is 0 Å². The summed E-state index contributed by atoms with van der Waals surface area (Å²) in [4.78, 5) is 10.4. The molecular weight excluding hydrogens is 144 g/mol. The maximum absolute atomic E-state index is 10.4. The summed E-state index contributed by atoms with van der Waals surface area (Å²) < 4.78 is 10.1. The van der Waals surface area contributed by atoms with Crippen molar-refractivity contribution in [3.63, 3.8) is 0 Å². The van der Waals surface area contributed by atoms with Crippen LogP contribution in [0.3, 0.4) is 0 Å². The van der Waals surface area contributed by atoms with Crippen LogP contribution in [0.1, 0.15) is 20.3 Å². The summed E-state index contributed by atoms with van der Waals surface area (Å²) in [7, 11) is 0. The molecule has 0 bridgehead atoms. The molecule has 0 aromatic heterocycles. The zero-order valence-corrected chi connectivity index (χ0v) is 7.26. The van der Waals surface area contributed by atoms with Gasteiger partial charge in [0.1, 0.15) is 5.78 Å². The quantitative estimate of drug-likeness (QED) is 0.521. The lowest BCUT2D eigenvalue weighted by Gasteiger charge is -2.01. The average molecular weight is 160 g/mol. The first kappa shape index (κ1) is 10.6. The number of hydrogen-bond donors (Lipinski definition) is 0. The number of carbonyl (C=O) groups is 1. The second kappa shape index (κ2) is 7.69. The predicted molar refractivity (Wildman–Crippen MR) is 42.6 cm³/mol. The van der Waals surface area contributed by atoms with Gasteiger partial charge in [-0.05, 0) is 13.8 Å². The van der Waals surface area contributed by atoms with Gasteiger partial charge in [0, 0.05) is 13.0 Å². The van der Waals surface area contributed by atoms with Crippen molar-refractivity contribution in [2.75, 3.05) is 26.4 Å². The Morgan fingerprint density at radius 3 is 2.36 bits per heavy atom. The lowest BCUT2D eigenvalue weighted by Crippen LogP contribution is -2.06. The van der Waals surface area contributed by atoms with Crippen molar-refractivity contribution in [1.29, 1.82) is 0 Å². The molecular formula is C8H16O3. The van der Waals surface area contributed by atoms with E-state index in [1.54, 1.807) is 6.92 Å². The van der Waals surface area contributed by atoms with Gasteiger partial charge in [-0.1, -0.05) is 0 Å². The molecule has 0 aliphatic rings. The number of ketones is 1. The summed E-state index contributed by atoms with van der Waals surface area (Å²) in [5, 5.41) is 0. The van der Waals surface area contributed by atoms with Crippen LogP contribution < -0.4 is 0 Å². The normalized spacial score (nSPS) is 10.0. The maximum atomic E-state index is 10.4. The second-order valence-corrected chi connectivity index (χ2v) is 2.26. The van der Waals surface area contributed by atoms with Gasteiger partial charge in [-0.3, -0.25) is 4.79 Å². The van der Waals surface area contributed by atoms with Gasteiger partial charge >= 0.3 is 0 Å². The van der Waals surface area contributed by atoms with Crippen LogP contribution in [-0.4, -0.2) is 32.2 Å². The number of rotatable bonds is 7. The van der Waals surface area contributed by atoms with Crippen LogP contribution in [0.5, 0.6) is 0 Å². The molecule has 0 heterocycles. The van der Waals surface area contributed by atoms with Crippen LogP contribution in [0.2, 0.25) is 0 Å². The summed E-state index contributed by atoms with van der Waals surface area (Å²) in [5.41, 5.74) is 0. The molecule has 0 aromatic rings. The lowest BCUT2D eigenvalue weighted by molar-refractivity contribution is -0.118. The topological polar surface area (TPSA) is 35.5 Å². The van der Waals surface area contributed by atoms with Gasteiger partial charge < -0.3 is 9.47 Å². The third-order valence-electron chi connectivity index (χ3n) is 1.17. The van der Waals surface area contributed by atoms with Crippen LogP contribution in [0, 0.1) is 0 Å². The molecule has 0 unspecified atom stereocenters. The number of ether oxygens (including phenoxy) is 2. The van der Waals surface area contributed by atoms with Crippen molar-refractivity contribution in [2.45, 2.75) is 20.3 Å². The highest BCUT2D eigenvalue weighted by molar-refractivity contribution is 5.75. The van der Waals surface area contributed by atoms with Crippen LogP contribution in [0.25, 0.3) is 0 Å². The molecule has 0 amide bonds. The Labute approximate surface area is 67.7 Å². The molecule has 0 aliphatic heterocycles. The van der Waals surface area contributed by atoms with Crippen LogP contribution in [-0.2, 0) is 14.3 Å². The highest BCUT2D eigenvalue weighted by atomic mass is 16.5. The predicted octanol–water partition coefficient (Wildman–Crippen LogP) is 1.02. The summed E-state index contributed by atoms with van der Waals surface area (Å²) in [5.74, 6) is 0.168. The molecule has 0 atom stereocenters. The van der Waals surface area contributed by atoms with Crippen LogP contribution in [0.15, 0.2) is 0 Å². The van der Waals surface area contributed by atoms with Gasteiger partial charge in [-0.15, -0.1) is 0 Å². The molecule has 0 radical (unpaired) electrons. The van der Waals surface area contributed by atoms with Gasteiger partial charge in [0.25, 0.3) is 0 Å². The Kier molecular flexibility index (Phi) is 7.41. The summed E-state index contributed by atoms with van der Waals surface area (Å²) in [6.07, 6.45) is 0.506. The van der Waals surface area contributed by atoms with Crippen LogP contribution >= 0.6 is 0 Å². The van der Waals surface area contributed by atoms with Crippen molar-refractivity contribution in [1.82, 2.24) is 0 Å². The van der Waals surface area contributed by atoms with Gasteiger partial charge in [-0.25, -0.2) is 0 Å². The largest absolute Gasteiger partial charge is 0.379 e. The average Bonchev–Trinajstić information content (AvgIpc) is 1.96. The first-order valence-corrected chi connectivity index (χ1v) is 3.92. The summed E-state index contributed by atoms with van der Waals surface area (Å²) in [6.45, 7) is 5.94. The monoisotopic (exact) mass is 160 g/mol. The Hall–Kier alpha value is -0.410. The Morgan fingerprint density at radius 2 is 1.82 bits per heavy atom. The standard InChI is InChI=1S/C8H16O3/c1-3-10-6-7-11-5-4-8(2)9/h3-7H2,1-2H3. The highest BCUT2D eigenvalue weighted by Gasteiger charge is 1.92. The lowest BCUT2D eigenvalue weighted by atomic mass is 10.3. The third-order valence-corrected chi connectivity index (χ3v) is 1.17. The van der Waals surface area contributed by atoms with Gasteiger partial charge in [-0.2, -0.15) is 0 Å². The summed E-state index contributed by atoms with van der Waals surface area (Å²) in [6, 6.07) is 0. The van der Waals surface area contributed by atoms with Gasteiger partial charge in [0.05, 0.1) is 19.8 Å². The first-order valence-electron chi connectivity index (χ1n) is 3.92. The Morgan fingerprint density at radius 1 is 1.18 bits per heavy atom. The van der Waals surface area contributed by atoms with Crippen molar-refractivity contribution in [3.05, 3.63) is 0 Å². The number of hydrogen-bond acceptors (Lipinski definition) is 3. The molecule has 11 heavy (non-hydrogen) atoms. The molecule has 3 nitrogen and oxygen atoms in total. The second-order valence-electron chi connectivity index (χ2n) is 2.26. The SMILES string of the molecule is CCOCCOCCC(C)=O. The first-order chi connectivity index (χ1) is 5.27. The minimum Gasteiger partial charge on any atom is -0.379 e. The van der Waals surface area contributed by atoms with E-state index in [1.165, 1.54) is 0 Å². The fraction of sp³-hybridized carbons (Fsp3) is 0.875. The molecule has 0 rings (SSSR count). The molecule has 0 aliphatic carbocycles. The van der Waals surface area contributed by atoms with Gasteiger partial charge in [0.2, 0.25) is 0 Å². The zero-order chi connectivity index (χ0) is 8.53. The summed E-state index contributed by atoms with van der Waals surface area (Å²) >= 11 is 0. The van der Waals surface area contributed by atoms with E-state index < -0.39 is 0 Å². The zero-order valence-electron chi connectivity index (χ0n) is 7.26. The van der Waals surface area contributed by atoms with E-state index in [0.29, 0.717) is 26.2 Å². The van der Waals surface area contributed by atoms with E-state index in [-0.39, 0.29) is 5.78 Å². The van der Waals surface area contributed by atoms with Crippen LogP contribution in [0.4, 0.5) is 0 Å². The molecule has 0 saturated carbocycles. The van der Waals surface area contributed by atoms with Crippen molar-refractivity contribution in [3.8, 4) is 0 Å². The van der Waals surface area contributed by atoms with E-state index in [0.717, 1.165) is 6.61 Å². The van der Waals surface area contributed by atoms with E-state index >= 15 is 0 Å². The molecule has 0 spiro atoms. The van der Waals surface area contributed by atoms with E-state index in [2.05, 4.69) is 0 Å². The van der Waals surface area contributed by atoms with Crippen molar-refractivity contribution >= 4 is 5.78 Å². The smallest absolute Gasteiger partial charge is 0.132 e. The van der Waals surface area contributed by atoms with Crippen molar-refractivity contribution < 1.29 is 14.3 Å². The van der Waals surface area contributed by atoms with E-state index in [4.69, 9.17) is 9.47 Å². The minimum atomic E-state index is 0.168. The molecule has 0 N–H and O–H groups in total. The molecule has 0 aromatic carbocycles. The Balaban J connectivity index is 2.85. The number of Topliss-reactive ketones (excluding diaryl/α,β-unsaturated/α-hetero) is 1. The molecule has 3 heteroatoms. The Bertz CT molecular complexity index is 102. The third kappa shape index (κ3) is 9.59. The maximum Gasteiger partial charge on any atom is 0.132 e. The minimum absolute atomic E-state index is 0.168. The molecule has 0 fully saturated rings. The van der Waals surface area contributed by atoms with Crippen molar-refractivity contribution in [2.24, 2.45) is 0 Å². The van der Waals surface area contributed by atoms with E-state index in [1.807, 2.05) is 6.92 Å². The molecule has 0 saturated heterocycles.